The van der Waals surface area contributed by atoms with Crippen LogP contribution in [0.3, 0.4) is 0 Å². The molecule has 1 fully saturated rings. The van der Waals surface area contributed by atoms with Crippen LogP contribution in [-0.4, -0.2) is 24.8 Å². The molecule has 0 radical (unpaired) electrons. The monoisotopic (exact) mass is 337 g/mol. The molecule has 2 heteroatoms. The minimum atomic E-state index is 0.0127. The molecule has 0 bridgehead atoms. The minimum absolute atomic E-state index is 0.0127. The second-order valence-electron chi connectivity index (χ2n) is 7.84. The molecule has 0 amide bonds. The first-order valence-corrected chi connectivity index (χ1v) is 9.59. The molecule has 0 aromatic heterocycles. The third-order valence-electron chi connectivity index (χ3n) is 5.22. The SMILES string of the molecule is CC1(C)C[C@H](NCC[C@H](Cc2ccccc2)c2ccccc2)CCO1. The number of ether oxygens (including phenoxy) is 1. The van der Waals surface area contributed by atoms with Gasteiger partial charge in [-0.25, -0.2) is 0 Å². The summed E-state index contributed by atoms with van der Waals surface area (Å²) in [4.78, 5) is 0. The third kappa shape index (κ3) is 5.69. The first kappa shape index (κ1) is 18.2. The maximum Gasteiger partial charge on any atom is 0.0641 e. The van der Waals surface area contributed by atoms with Crippen LogP contribution < -0.4 is 5.32 Å². The summed E-state index contributed by atoms with van der Waals surface area (Å²) < 4.78 is 5.83. The fraction of sp³-hybridized carbons (Fsp3) is 0.478. The van der Waals surface area contributed by atoms with E-state index in [9.17, 15) is 0 Å². The Morgan fingerprint density at radius 1 is 1.04 bits per heavy atom. The molecule has 2 aromatic rings. The molecule has 0 unspecified atom stereocenters. The lowest BCUT2D eigenvalue weighted by Crippen LogP contribution is -2.44. The van der Waals surface area contributed by atoms with E-state index in [1.807, 2.05) is 0 Å². The number of nitrogens with one attached hydrogen (secondary N) is 1. The molecular weight excluding hydrogens is 306 g/mol. The molecule has 3 rings (SSSR count). The van der Waals surface area contributed by atoms with Gasteiger partial charge in [-0.1, -0.05) is 60.7 Å². The van der Waals surface area contributed by atoms with Gasteiger partial charge in [-0.15, -0.1) is 0 Å². The second-order valence-corrected chi connectivity index (χ2v) is 7.84. The van der Waals surface area contributed by atoms with Gasteiger partial charge in [0.2, 0.25) is 0 Å². The zero-order valence-corrected chi connectivity index (χ0v) is 15.6. The molecule has 1 aliphatic rings. The minimum Gasteiger partial charge on any atom is -0.375 e. The topological polar surface area (TPSA) is 21.3 Å². The van der Waals surface area contributed by atoms with Gasteiger partial charge in [-0.2, -0.15) is 0 Å². The van der Waals surface area contributed by atoms with Crippen LogP contribution in [0.15, 0.2) is 60.7 Å². The Balaban J connectivity index is 1.58. The average Bonchev–Trinajstić information content (AvgIpc) is 2.62. The Morgan fingerprint density at radius 2 is 1.72 bits per heavy atom. The van der Waals surface area contributed by atoms with Gasteiger partial charge >= 0.3 is 0 Å². The molecule has 0 saturated carbocycles. The van der Waals surface area contributed by atoms with E-state index < -0.39 is 0 Å². The van der Waals surface area contributed by atoms with E-state index in [2.05, 4.69) is 79.8 Å². The first-order valence-electron chi connectivity index (χ1n) is 9.59. The molecule has 1 saturated heterocycles. The van der Waals surface area contributed by atoms with Gasteiger partial charge in [0.25, 0.3) is 0 Å². The van der Waals surface area contributed by atoms with Crippen LogP contribution >= 0.6 is 0 Å². The summed E-state index contributed by atoms with van der Waals surface area (Å²) in [5, 5.41) is 3.78. The fourth-order valence-electron chi connectivity index (χ4n) is 3.88. The van der Waals surface area contributed by atoms with Crippen molar-refractivity contribution in [2.24, 2.45) is 0 Å². The van der Waals surface area contributed by atoms with Gasteiger partial charge in [-0.05, 0) is 63.1 Å². The fourth-order valence-corrected chi connectivity index (χ4v) is 3.88. The lowest BCUT2D eigenvalue weighted by atomic mass is 9.89. The van der Waals surface area contributed by atoms with Crippen LogP contribution in [0.5, 0.6) is 0 Å². The van der Waals surface area contributed by atoms with Gasteiger partial charge in [0.1, 0.15) is 0 Å². The van der Waals surface area contributed by atoms with Gasteiger partial charge in [0.15, 0.2) is 0 Å². The third-order valence-corrected chi connectivity index (χ3v) is 5.22. The van der Waals surface area contributed by atoms with Crippen molar-refractivity contribution in [2.45, 2.75) is 57.1 Å². The van der Waals surface area contributed by atoms with E-state index in [-0.39, 0.29) is 5.60 Å². The molecule has 2 aromatic carbocycles. The van der Waals surface area contributed by atoms with E-state index >= 15 is 0 Å². The number of hydrogen-bond donors (Lipinski definition) is 1. The van der Waals surface area contributed by atoms with Crippen LogP contribution in [0, 0.1) is 0 Å². The molecular formula is C23H31NO. The van der Waals surface area contributed by atoms with Crippen molar-refractivity contribution < 1.29 is 4.74 Å². The maximum absolute atomic E-state index is 5.83. The summed E-state index contributed by atoms with van der Waals surface area (Å²) in [6, 6.07) is 22.4. The molecule has 1 heterocycles. The Kier molecular flexibility index (Phi) is 6.28. The van der Waals surface area contributed by atoms with Gasteiger partial charge < -0.3 is 10.1 Å². The van der Waals surface area contributed by atoms with Gasteiger partial charge in [0, 0.05) is 12.6 Å². The Hall–Kier alpha value is -1.64. The predicted molar refractivity (Wildman–Crippen MR) is 105 cm³/mol. The zero-order valence-electron chi connectivity index (χ0n) is 15.6. The molecule has 1 aliphatic heterocycles. The predicted octanol–water partition coefficient (Wildman–Crippen LogP) is 4.95. The molecule has 0 spiro atoms. The summed E-state index contributed by atoms with van der Waals surface area (Å²) in [5.41, 5.74) is 2.88. The number of hydrogen-bond acceptors (Lipinski definition) is 2. The summed E-state index contributed by atoms with van der Waals surface area (Å²) in [5.74, 6) is 0.559. The Morgan fingerprint density at radius 3 is 2.40 bits per heavy atom. The molecule has 25 heavy (non-hydrogen) atoms. The number of rotatable bonds is 7. The highest BCUT2D eigenvalue weighted by Gasteiger charge is 2.28. The van der Waals surface area contributed by atoms with Crippen molar-refractivity contribution in [1.29, 1.82) is 0 Å². The molecule has 0 aliphatic carbocycles. The summed E-state index contributed by atoms with van der Waals surface area (Å²) >= 11 is 0. The second kappa shape index (κ2) is 8.64. The van der Waals surface area contributed by atoms with Crippen molar-refractivity contribution in [2.75, 3.05) is 13.2 Å². The average molecular weight is 338 g/mol. The highest BCUT2D eigenvalue weighted by Crippen LogP contribution is 2.26. The van der Waals surface area contributed by atoms with Crippen molar-refractivity contribution >= 4 is 0 Å². The maximum atomic E-state index is 5.83. The van der Waals surface area contributed by atoms with Crippen molar-refractivity contribution in [1.82, 2.24) is 5.32 Å². The number of benzene rings is 2. The van der Waals surface area contributed by atoms with Crippen LogP contribution in [0.2, 0.25) is 0 Å². The van der Waals surface area contributed by atoms with Crippen LogP contribution in [0.4, 0.5) is 0 Å². The molecule has 1 N–H and O–H groups in total. The van der Waals surface area contributed by atoms with Gasteiger partial charge in [0.05, 0.1) is 5.60 Å². The summed E-state index contributed by atoms with van der Waals surface area (Å²) in [6.45, 7) is 6.33. The summed E-state index contributed by atoms with van der Waals surface area (Å²) in [6.07, 6.45) is 4.49. The molecule has 134 valence electrons. The normalized spacial score (nSPS) is 21.0. The summed E-state index contributed by atoms with van der Waals surface area (Å²) in [7, 11) is 0. The lowest BCUT2D eigenvalue weighted by molar-refractivity contribution is -0.0628. The Labute approximate surface area is 152 Å². The van der Waals surface area contributed by atoms with E-state index in [1.165, 1.54) is 11.1 Å². The zero-order chi connectivity index (χ0) is 17.5. The van der Waals surface area contributed by atoms with E-state index in [0.29, 0.717) is 12.0 Å². The highest BCUT2D eigenvalue weighted by atomic mass is 16.5. The first-order chi connectivity index (χ1) is 12.1. The quantitative estimate of drug-likeness (QED) is 0.772. The van der Waals surface area contributed by atoms with Crippen LogP contribution in [0.25, 0.3) is 0 Å². The lowest BCUT2D eigenvalue weighted by Gasteiger charge is -2.36. The highest BCUT2D eigenvalue weighted by molar-refractivity contribution is 5.24. The Bertz CT molecular complexity index is 623. The largest absolute Gasteiger partial charge is 0.375 e. The molecule has 2 atom stereocenters. The van der Waals surface area contributed by atoms with E-state index in [1.54, 1.807) is 0 Å². The van der Waals surface area contributed by atoms with Crippen molar-refractivity contribution in [3.05, 3.63) is 71.8 Å². The molecule has 2 nitrogen and oxygen atoms in total. The van der Waals surface area contributed by atoms with E-state index in [0.717, 1.165) is 38.8 Å². The van der Waals surface area contributed by atoms with Crippen LogP contribution in [0.1, 0.15) is 50.2 Å². The smallest absolute Gasteiger partial charge is 0.0641 e. The van der Waals surface area contributed by atoms with Crippen molar-refractivity contribution in [3.8, 4) is 0 Å². The van der Waals surface area contributed by atoms with Crippen LogP contribution in [-0.2, 0) is 11.2 Å². The van der Waals surface area contributed by atoms with Gasteiger partial charge in [-0.3, -0.25) is 0 Å². The van der Waals surface area contributed by atoms with E-state index in [4.69, 9.17) is 4.74 Å². The standard InChI is InChI=1S/C23H31NO/c1-23(2)18-22(14-16-25-23)24-15-13-21(20-11-7-4-8-12-20)17-19-9-5-3-6-10-19/h3-12,21-22,24H,13-18H2,1-2H3/t21-,22-/m1/s1. The van der Waals surface area contributed by atoms with Crippen molar-refractivity contribution in [3.63, 3.8) is 0 Å².